The molecule has 17 heavy (non-hydrogen) atoms. The number of methoxy groups -OCH3 is 1. The van der Waals surface area contributed by atoms with Crippen molar-refractivity contribution in [3.8, 4) is 0 Å². The summed E-state index contributed by atoms with van der Waals surface area (Å²) in [6.07, 6.45) is 1.77. The van der Waals surface area contributed by atoms with Crippen molar-refractivity contribution in [1.82, 2.24) is 4.98 Å². The molecule has 1 N–H and O–H groups in total. The fourth-order valence-corrected chi connectivity index (χ4v) is 2.58. The van der Waals surface area contributed by atoms with Crippen molar-refractivity contribution >= 4 is 17.3 Å². The molecule has 0 aliphatic heterocycles. The molecule has 1 aromatic rings. The van der Waals surface area contributed by atoms with Crippen molar-refractivity contribution in [2.75, 3.05) is 13.7 Å². The molecule has 1 heterocycles. The lowest BCUT2D eigenvalue weighted by molar-refractivity contribution is 0.0594. The van der Waals surface area contributed by atoms with Gasteiger partial charge in [-0.1, -0.05) is 13.8 Å². The van der Waals surface area contributed by atoms with Gasteiger partial charge in [-0.15, -0.1) is 11.3 Å². The van der Waals surface area contributed by atoms with Gasteiger partial charge in [0, 0.05) is 17.9 Å². The van der Waals surface area contributed by atoms with Crippen LogP contribution in [0, 0.1) is 5.92 Å². The second-order valence-electron chi connectivity index (χ2n) is 4.19. The van der Waals surface area contributed by atoms with Gasteiger partial charge in [-0.25, -0.2) is 9.78 Å². The Balaban J connectivity index is 2.65. The second-order valence-corrected chi connectivity index (χ2v) is 5.08. The van der Waals surface area contributed by atoms with Crippen LogP contribution in [0.25, 0.3) is 0 Å². The molecule has 1 aromatic heterocycles. The minimum atomic E-state index is -0.386. The number of rotatable bonds is 6. The number of thiazole rings is 1. The number of aliphatic hydroxyl groups excluding tert-OH is 1. The first-order chi connectivity index (χ1) is 8.10. The van der Waals surface area contributed by atoms with Gasteiger partial charge in [0.25, 0.3) is 0 Å². The van der Waals surface area contributed by atoms with E-state index in [0.717, 1.165) is 17.8 Å². The average Bonchev–Trinajstić information content (AvgIpc) is 2.83. The molecule has 0 aliphatic rings. The van der Waals surface area contributed by atoms with E-state index in [4.69, 9.17) is 5.11 Å². The average molecular weight is 257 g/mol. The van der Waals surface area contributed by atoms with Crippen molar-refractivity contribution in [3.63, 3.8) is 0 Å². The molecule has 0 saturated heterocycles. The number of nitrogens with zero attached hydrogens (tertiary/aromatic N) is 1. The molecular formula is C12H19NO3S. The topological polar surface area (TPSA) is 59.4 Å². The van der Waals surface area contributed by atoms with E-state index in [-0.39, 0.29) is 12.6 Å². The van der Waals surface area contributed by atoms with Crippen molar-refractivity contribution in [2.45, 2.75) is 32.6 Å². The van der Waals surface area contributed by atoms with Crippen LogP contribution in [-0.2, 0) is 4.74 Å². The summed E-state index contributed by atoms with van der Waals surface area (Å²) >= 11 is 1.49. The normalized spacial score (nSPS) is 14.4. The summed E-state index contributed by atoms with van der Waals surface area (Å²) in [6.45, 7) is 4.46. The van der Waals surface area contributed by atoms with Gasteiger partial charge in [0.1, 0.15) is 0 Å². The van der Waals surface area contributed by atoms with E-state index in [1.54, 1.807) is 5.38 Å². The second kappa shape index (κ2) is 6.71. The monoisotopic (exact) mass is 257 g/mol. The van der Waals surface area contributed by atoms with Crippen LogP contribution >= 0.6 is 11.3 Å². The fraction of sp³-hybridized carbons (Fsp3) is 0.667. The number of hydrogen-bond acceptors (Lipinski definition) is 5. The van der Waals surface area contributed by atoms with Crippen LogP contribution in [0.1, 0.15) is 48.1 Å². The summed E-state index contributed by atoms with van der Waals surface area (Å²) in [6, 6.07) is 0. The molecule has 0 fully saturated rings. The van der Waals surface area contributed by atoms with Crippen molar-refractivity contribution in [2.24, 2.45) is 5.92 Å². The van der Waals surface area contributed by atoms with E-state index in [1.807, 2.05) is 0 Å². The van der Waals surface area contributed by atoms with Crippen LogP contribution in [0.5, 0.6) is 0 Å². The Labute approximate surface area is 106 Å². The highest BCUT2D eigenvalue weighted by Crippen LogP contribution is 2.29. The van der Waals surface area contributed by atoms with Crippen molar-refractivity contribution < 1.29 is 14.6 Å². The third kappa shape index (κ3) is 3.78. The SMILES string of the molecule is COC(=O)c1csc(C(C)C(C)CCCO)n1. The lowest BCUT2D eigenvalue weighted by Gasteiger charge is -2.16. The zero-order valence-corrected chi connectivity index (χ0v) is 11.3. The maximum atomic E-state index is 11.3. The summed E-state index contributed by atoms with van der Waals surface area (Å²) in [4.78, 5) is 15.6. The molecule has 0 aromatic carbocycles. The van der Waals surface area contributed by atoms with Gasteiger partial charge >= 0.3 is 5.97 Å². The molecule has 4 nitrogen and oxygen atoms in total. The summed E-state index contributed by atoms with van der Waals surface area (Å²) in [5.74, 6) is 0.353. The highest BCUT2D eigenvalue weighted by atomic mass is 32.1. The van der Waals surface area contributed by atoms with Gasteiger partial charge < -0.3 is 9.84 Å². The number of carbonyl (C=O) groups excluding carboxylic acids is 1. The third-order valence-corrected chi connectivity index (χ3v) is 4.02. The van der Waals surface area contributed by atoms with Crippen molar-refractivity contribution in [3.05, 3.63) is 16.1 Å². The first-order valence-electron chi connectivity index (χ1n) is 5.74. The number of carbonyl (C=O) groups is 1. The number of esters is 1. The first kappa shape index (κ1) is 14.1. The maximum Gasteiger partial charge on any atom is 0.357 e. The highest BCUT2D eigenvalue weighted by Gasteiger charge is 2.19. The molecule has 1 rings (SSSR count). The lowest BCUT2D eigenvalue weighted by atomic mass is 9.92. The third-order valence-electron chi connectivity index (χ3n) is 2.98. The van der Waals surface area contributed by atoms with Crippen LogP contribution in [0.4, 0.5) is 0 Å². The van der Waals surface area contributed by atoms with Crippen LogP contribution in [0.3, 0.4) is 0 Å². The number of aliphatic hydroxyl groups is 1. The fourth-order valence-electron chi connectivity index (χ4n) is 1.60. The van der Waals surface area contributed by atoms with Gasteiger partial charge in [0.15, 0.2) is 5.69 Å². The van der Waals surface area contributed by atoms with E-state index in [0.29, 0.717) is 17.5 Å². The molecular weight excluding hydrogens is 238 g/mol. The summed E-state index contributed by atoms with van der Waals surface area (Å²) in [5, 5.41) is 11.5. The molecule has 5 heteroatoms. The molecule has 0 saturated carbocycles. The van der Waals surface area contributed by atoms with Gasteiger partial charge in [-0.05, 0) is 18.8 Å². The largest absolute Gasteiger partial charge is 0.464 e. The van der Waals surface area contributed by atoms with E-state index < -0.39 is 0 Å². The highest BCUT2D eigenvalue weighted by molar-refractivity contribution is 7.09. The quantitative estimate of drug-likeness (QED) is 0.795. The lowest BCUT2D eigenvalue weighted by Crippen LogP contribution is -2.08. The Morgan fingerprint density at radius 2 is 2.29 bits per heavy atom. The van der Waals surface area contributed by atoms with Crippen LogP contribution < -0.4 is 0 Å². The molecule has 0 spiro atoms. The predicted molar refractivity (Wildman–Crippen MR) is 67.4 cm³/mol. The Hall–Kier alpha value is -0.940. The predicted octanol–water partition coefficient (Wildman–Crippen LogP) is 2.44. The number of hydrogen-bond donors (Lipinski definition) is 1. The molecule has 96 valence electrons. The summed E-state index contributed by atoms with van der Waals surface area (Å²) in [5.41, 5.74) is 0.383. The molecule has 0 amide bonds. The number of ether oxygens (including phenoxy) is 1. The molecule has 2 unspecified atom stereocenters. The smallest absolute Gasteiger partial charge is 0.357 e. The minimum absolute atomic E-state index is 0.225. The van der Waals surface area contributed by atoms with Gasteiger partial charge in [-0.3, -0.25) is 0 Å². The Kier molecular flexibility index (Phi) is 5.58. The van der Waals surface area contributed by atoms with E-state index in [1.165, 1.54) is 18.4 Å². The van der Waals surface area contributed by atoms with Crippen LogP contribution in [0.15, 0.2) is 5.38 Å². The van der Waals surface area contributed by atoms with E-state index >= 15 is 0 Å². The molecule has 0 aliphatic carbocycles. The summed E-state index contributed by atoms with van der Waals surface area (Å²) in [7, 11) is 1.36. The summed E-state index contributed by atoms with van der Waals surface area (Å²) < 4.78 is 4.63. The van der Waals surface area contributed by atoms with E-state index in [9.17, 15) is 4.79 Å². The van der Waals surface area contributed by atoms with Gasteiger partial charge in [-0.2, -0.15) is 0 Å². The Bertz CT molecular complexity index is 364. The number of aromatic nitrogens is 1. The standard InChI is InChI=1S/C12H19NO3S/c1-8(5-4-6-14)9(2)11-13-10(7-17-11)12(15)16-3/h7-9,14H,4-6H2,1-3H3. The van der Waals surface area contributed by atoms with Crippen LogP contribution in [0.2, 0.25) is 0 Å². The zero-order chi connectivity index (χ0) is 12.8. The maximum absolute atomic E-state index is 11.3. The molecule has 2 atom stereocenters. The van der Waals surface area contributed by atoms with Crippen LogP contribution in [-0.4, -0.2) is 29.8 Å². The van der Waals surface area contributed by atoms with E-state index in [2.05, 4.69) is 23.6 Å². The first-order valence-corrected chi connectivity index (χ1v) is 6.62. The Morgan fingerprint density at radius 3 is 2.88 bits per heavy atom. The molecule has 0 radical (unpaired) electrons. The van der Waals surface area contributed by atoms with Gasteiger partial charge in [0.05, 0.1) is 12.1 Å². The Morgan fingerprint density at radius 1 is 1.59 bits per heavy atom. The van der Waals surface area contributed by atoms with Crippen molar-refractivity contribution in [1.29, 1.82) is 0 Å². The zero-order valence-electron chi connectivity index (χ0n) is 10.5. The molecule has 0 bridgehead atoms. The minimum Gasteiger partial charge on any atom is -0.464 e. The van der Waals surface area contributed by atoms with Gasteiger partial charge in [0.2, 0.25) is 0 Å².